The van der Waals surface area contributed by atoms with E-state index in [4.69, 9.17) is 0 Å². The van der Waals surface area contributed by atoms with Crippen molar-refractivity contribution in [1.82, 2.24) is 24.8 Å². The number of rotatable bonds is 7. The molecule has 0 spiro atoms. The Balaban J connectivity index is 1.64. The van der Waals surface area contributed by atoms with Crippen LogP contribution in [0.25, 0.3) is 10.9 Å². The van der Waals surface area contributed by atoms with Gasteiger partial charge in [-0.25, -0.2) is 9.97 Å². The summed E-state index contributed by atoms with van der Waals surface area (Å²) in [7, 11) is 1.54. The second kappa shape index (κ2) is 11.4. The highest BCUT2D eigenvalue weighted by atomic mass is 32.1. The molecule has 8 nitrogen and oxygen atoms in total. The molecule has 0 saturated carbocycles. The lowest BCUT2D eigenvalue weighted by Gasteiger charge is -2.25. The lowest BCUT2D eigenvalue weighted by molar-refractivity contribution is -0.121. The zero-order chi connectivity index (χ0) is 24.8. The van der Waals surface area contributed by atoms with E-state index in [0.717, 1.165) is 19.6 Å². The van der Waals surface area contributed by atoms with Crippen LogP contribution in [0.4, 0.5) is 0 Å². The van der Waals surface area contributed by atoms with Crippen LogP contribution in [0.5, 0.6) is 0 Å². The molecule has 35 heavy (non-hydrogen) atoms. The van der Waals surface area contributed by atoms with Gasteiger partial charge in [0.05, 0.1) is 16.9 Å². The van der Waals surface area contributed by atoms with Crippen LogP contribution in [0.3, 0.4) is 0 Å². The Kier molecular flexibility index (Phi) is 8.06. The molecule has 2 aromatic heterocycles. The number of hydrogen-bond donors (Lipinski definition) is 1. The van der Waals surface area contributed by atoms with E-state index in [1.54, 1.807) is 30.4 Å². The fourth-order valence-corrected chi connectivity index (χ4v) is 5.22. The second-order valence-corrected chi connectivity index (χ2v) is 9.78. The number of carbonyl (C=O) groups excluding carboxylic acids is 2. The molecule has 1 amide bonds. The number of thiazole rings is 1. The van der Waals surface area contributed by atoms with Gasteiger partial charge in [-0.3, -0.25) is 19.1 Å². The highest BCUT2D eigenvalue weighted by Gasteiger charge is 2.19. The van der Waals surface area contributed by atoms with E-state index in [1.165, 1.54) is 35.8 Å². The maximum atomic E-state index is 13.5. The highest BCUT2D eigenvalue weighted by molar-refractivity contribution is 7.12. The summed E-state index contributed by atoms with van der Waals surface area (Å²) in [4.78, 5) is 49.6. The van der Waals surface area contributed by atoms with Crippen molar-refractivity contribution in [3.05, 3.63) is 56.0 Å². The molecule has 1 unspecified atom stereocenters. The van der Waals surface area contributed by atoms with E-state index in [0.29, 0.717) is 33.6 Å². The van der Waals surface area contributed by atoms with Crippen LogP contribution in [0.15, 0.2) is 29.2 Å². The highest BCUT2D eigenvalue weighted by Crippen LogP contribution is 2.20. The van der Waals surface area contributed by atoms with Crippen molar-refractivity contribution in [2.45, 2.75) is 51.6 Å². The first-order chi connectivity index (χ1) is 17.0. The molecule has 1 saturated heterocycles. The smallest absolute Gasteiger partial charge is 0.263 e. The first-order valence-corrected chi connectivity index (χ1v) is 12.7. The van der Waals surface area contributed by atoms with Crippen LogP contribution < -0.4 is 10.9 Å². The number of benzene rings is 1. The third kappa shape index (κ3) is 5.84. The molecule has 1 aliphatic rings. The number of piperidine rings is 1. The Hall–Kier alpha value is -3.35. The molecule has 1 aromatic carbocycles. The van der Waals surface area contributed by atoms with Crippen LogP contribution in [-0.2, 0) is 16.1 Å². The molecule has 1 fully saturated rings. The molecule has 3 aromatic rings. The molecule has 0 aliphatic carbocycles. The summed E-state index contributed by atoms with van der Waals surface area (Å²) in [5.74, 6) is 6.44. The zero-order valence-electron chi connectivity index (χ0n) is 20.0. The molecule has 0 radical (unpaired) electrons. The quantitative estimate of drug-likeness (QED) is 0.403. The molecular weight excluding hydrogens is 462 g/mol. The number of hydrogen-bond acceptors (Lipinski definition) is 7. The van der Waals surface area contributed by atoms with E-state index in [9.17, 15) is 14.4 Å². The summed E-state index contributed by atoms with van der Waals surface area (Å²) in [6.07, 6.45) is 6.71. The molecular formula is C26H29N5O3S. The first-order valence-electron chi connectivity index (χ1n) is 11.9. The summed E-state index contributed by atoms with van der Waals surface area (Å²) >= 11 is 1.57. The zero-order valence-corrected chi connectivity index (χ0v) is 20.9. The van der Waals surface area contributed by atoms with Gasteiger partial charge in [0.25, 0.3) is 5.56 Å². The molecule has 182 valence electrons. The number of amides is 1. The Morgan fingerprint density at radius 1 is 1.26 bits per heavy atom. The SMILES string of the molecule is CNC(=O)CCC(C=O)n1c(C)nc2cccc(C#Cc3ncc(CN4CCCCC4)s3)c2c1=O. The number of aldehydes is 1. The van der Waals surface area contributed by atoms with Gasteiger partial charge in [0.15, 0.2) is 5.01 Å². The van der Waals surface area contributed by atoms with Gasteiger partial charge >= 0.3 is 0 Å². The molecule has 3 heterocycles. The van der Waals surface area contributed by atoms with Gasteiger partial charge in [0.1, 0.15) is 12.1 Å². The minimum Gasteiger partial charge on any atom is -0.359 e. The lowest BCUT2D eigenvalue weighted by atomic mass is 10.1. The van der Waals surface area contributed by atoms with Gasteiger partial charge < -0.3 is 10.1 Å². The van der Waals surface area contributed by atoms with Crippen molar-refractivity contribution in [3.8, 4) is 11.8 Å². The average Bonchev–Trinajstić information content (AvgIpc) is 3.31. The van der Waals surface area contributed by atoms with Crippen molar-refractivity contribution in [3.63, 3.8) is 0 Å². The van der Waals surface area contributed by atoms with E-state index in [2.05, 4.69) is 32.0 Å². The number of carbonyl (C=O) groups is 2. The van der Waals surface area contributed by atoms with Crippen molar-refractivity contribution in [1.29, 1.82) is 0 Å². The standard InChI is InChI=1S/C26H29N5O3S/c1-18-29-22-8-6-7-19(25(22)26(34)31(18)20(17-32)10-11-23(33)27-2)9-12-24-28-15-21(35-24)16-30-13-4-3-5-14-30/h6-8,15,17,20H,3-5,10-11,13-14,16H2,1-2H3,(H,27,33). The second-order valence-electron chi connectivity index (χ2n) is 8.67. The first kappa shape index (κ1) is 24.8. The molecule has 1 atom stereocenters. The van der Waals surface area contributed by atoms with E-state index in [1.807, 2.05) is 12.3 Å². The van der Waals surface area contributed by atoms with Gasteiger partial charge in [-0.1, -0.05) is 18.4 Å². The number of fused-ring (bicyclic) bond motifs is 1. The third-order valence-corrected chi connectivity index (χ3v) is 7.12. The summed E-state index contributed by atoms with van der Waals surface area (Å²) in [6.45, 7) is 4.83. The number of aryl methyl sites for hydroxylation is 1. The maximum Gasteiger partial charge on any atom is 0.263 e. The van der Waals surface area contributed by atoms with Crippen LogP contribution in [0.1, 0.15) is 59.4 Å². The van der Waals surface area contributed by atoms with Crippen LogP contribution in [-0.4, -0.2) is 51.8 Å². The summed E-state index contributed by atoms with van der Waals surface area (Å²) < 4.78 is 1.36. The Bertz CT molecular complexity index is 1340. The fraction of sp³-hybridized carbons (Fsp3) is 0.423. The van der Waals surface area contributed by atoms with Gasteiger partial charge in [-0.05, 0) is 57.3 Å². The number of aromatic nitrogens is 3. The lowest BCUT2D eigenvalue weighted by Crippen LogP contribution is -2.30. The number of likely N-dealkylation sites (tertiary alicyclic amines) is 1. The predicted molar refractivity (Wildman–Crippen MR) is 136 cm³/mol. The predicted octanol–water partition coefficient (Wildman–Crippen LogP) is 2.81. The molecule has 1 N–H and O–H groups in total. The number of nitrogens with zero attached hydrogens (tertiary/aromatic N) is 4. The van der Waals surface area contributed by atoms with Gasteiger partial charge in [-0.15, -0.1) is 11.3 Å². The Morgan fingerprint density at radius 2 is 2.06 bits per heavy atom. The van der Waals surface area contributed by atoms with E-state index >= 15 is 0 Å². The molecule has 4 rings (SSSR count). The van der Waals surface area contributed by atoms with Crippen molar-refractivity contribution < 1.29 is 9.59 Å². The molecule has 1 aliphatic heterocycles. The molecule has 9 heteroatoms. The number of nitrogens with one attached hydrogen (secondary N) is 1. The van der Waals surface area contributed by atoms with Gasteiger partial charge in [-0.2, -0.15) is 0 Å². The van der Waals surface area contributed by atoms with Crippen molar-refractivity contribution >= 4 is 34.4 Å². The van der Waals surface area contributed by atoms with Crippen molar-refractivity contribution in [2.24, 2.45) is 0 Å². The maximum absolute atomic E-state index is 13.5. The Labute approximate surface area is 208 Å². The summed E-state index contributed by atoms with van der Waals surface area (Å²) in [5.41, 5.74) is 0.727. The summed E-state index contributed by atoms with van der Waals surface area (Å²) in [6, 6.07) is 4.57. The minimum absolute atomic E-state index is 0.134. The van der Waals surface area contributed by atoms with Crippen LogP contribution >= 0.6 is 11.3 Å². The van der Waals surface area contributed by atoms with Crippen LogP contribution in [0.2, 0.25) is 0 Å². The van der Waals surface area contributed by atoms with E-state index in [-0.39, 0.29) is 24.3 Å². The van der Waals surface area contributed by atoms with Gasteiger partial charge in [0.2, 0.25) is 5.91 Å². The average molecular weight is 492 g/mol. The summed E-state index contributed by atoms with van der Waals surface area (Å²) in [5, 5.41) is 3.60. The van der Waals surface area contributed by atoms with Crippen LogP contribution in [0, 0.1) is 18.8 Å². The minimum atomic E-state index is -0.783. The van der Waals surface area contributed by atoms with Gasteiger partial charge in [0, 0.05) is 36.7 Å². The normalized spacial score (nSPS) is 14.8. The molecule has 0 bridgehead atoms. The Morgan fingerprint density at radius 3 is 2.80 bits per heavy atom. The topological polar surface area (TPSA) is 97.2 Å². The van der Waals surface area contributed by atoms with Crippen molar-refractivity contribution in [2.75, 3.05) is 20.1 Å². The fourth-order valence-electron chi connectivity index (χ4n) is 4.41. The van der Waals surface area contributed by atoms with E-state index < -0.39 is 6.04 Å². The third-order valence-electron chi connectivity index (χ3n) is 6.23. The largest absolute Gasteiger partial charge is 0.359 e. The monoisotopic (exact) mass is 491 g/mol.